The Labute approximate surface area is 141 Å². The number of carbonyl (C=O) groups is 1. The van der Waals surface area contributed by atoms with E-state index >= 15 is 0 Å². The summed E-state index contributed by atoms with van der Waals surface area (Å²) in [6.07, 6.45) is 4.00. The first-order valence-corrected chi connectivity index (χ1v) is 7.77. The van der Waals surface area contributed by atoms with Gasteiger partial charge in [0.15, 0.2) is 0 Å². The van der Waals surface area contributed by atoms with Crippen molar-refractivity contribution in [1.29, 1.82) is 0 Å². The third-order valence-electron chi connectivity index (χ3n) is 3.69. The number of hydrogen-bond acceptors (Lipinski definition) is 5. The van der Waals surface area contributed by atoms with Crippen LogP contribution in [0.1, 0.15) is 36.2 Å². The van der Waals surface area contributed by atoms with Crippen molar-refractivity contribution in [3.05, 3.63) is 35.4 Å². The molecule has 128 valence electrons. The highest BCUT2D eigenvalue weighted by Crippen LogP contribution is 2.45. The van der Waals surface area contributed by atoms with Crippen molar-refractivity contribution < 1.29 is 18.3 Å². The summed E-state index contributed by atoms with van der Waals surface area (Å²) in [5, 5.41) is 7.30. The van der Waals surface area contributed by atoms with Gasteiger partial charge in [-0.05, 0) is 13.0 Å². The smallest absolute Gasteiger partial charge is 0.341 e. The summed E-state index contributed by atoms with van der Waals surface area (Å²) in [5.74, 6) is -3.14. The molecule has 1 aliphatic rings. The van der Waals surface area contributed by atoms with Gasteiger partial charge in [0.1, 0.15) is 10.7 Å². The molecule has 0 unspecified atom stereocenters. The fourth-order valence-corrected chi connectivity index (χ4v) is 2.64. The Balaban J connectivity index is 1.78. The summed E-state index contributed by atoms with van der Waals surface area (Å²) >= 11 is 5.88. The van der Waals surface area contributed by atoms with Gasteiger partial charge in [0.2, 0.25) is 0 Å². The Hall–Kier alpha value is -2.22. The molecule has 3 rings (SSSR count). The average molecular weight is 357 g/mol. The molecule has 1 N–H and O–H groups in total. The molecule has 1 saturated carbocycles. The van der Waals surface area contributed by atoms with Gasteiger partial charge in [0.25, 0.3) is 5.92 Å². The quantitative estimate of drug-likeness (QED) is 0.651. The van der Waals surface area contributed by atoms with Gasteiger partial charge in [-0.3, -0.25) is 4.68 Å². The van der Waals surface area contributed by atoms with Gasteiger partial charge in [-0.25, -0.2) is 18.6 Å². The summed E-state index contributed by atoms with van der Waals surface area (Å²) in [7, 11) is 0. The van der Waals surface area contributed by atoms with E-state index in [1.165, 1.54) is 23.1 Å². The Bertz CT molecular complexity index is 758. The number of alkyl halides is 2. The second-order valence-electron chi connectivity index (χ2n) is 5.53. The summed E-state index contributed by atoms with van der Waals surface area (Å²) in [4.78, 5) is 15.8. The first-order valence-electron chi connectivity index (χ1n) is 7.39. The number of carbonyl (C=O) groups excluding carboxylic acids is 1. The molecule has 9 heteroatoms. The molecule has 1 fully saturated rings. The molecule has 6 nitrogen and oxygen atoms in total. The van der Waals surface area contributed by atoms with Crippen LogP contribution in [0, 0.1) is 0 Å². The van der Waals surface area contributed by atoms with Crippen molar-refractivity contribution in [3.8, 4) is 0 Å². The molecule has 2 aromatic heterocycles. The number of rotatable bonds is 5. The molecule has 0 amide bonds. The molecule has 2 aromatic rings. The molecule has 0 bridgehead atoms. The van der Waals surface area contributed by atoms with Crippen molar-refractivity contribution in [1.82, 2.24) is 14.8 Å². The molecule has 0 saturated heterocycles. The SMILES string of the molecule is CCOC(=O)c1cnc(Cl)cc1Nc1cnn(C2CC(F)(F)C2)c1. The lowest BCUT2D eigenvalue weighted by atomic mass is 9.88. The number of nitrogens with zero attached hydrogens (tertiary/aromatic N) is 3. The van der Waals surface area contributed by atoms with Crippen LogP contribution < -0.4 is 5.32 Å². The molecule has 2 heterocycles. The van der Waals surface area contributed by atoms with E-state index in [1.807, 2.05) is 0 Å². The van der Waals surface area contributed by atoms with Crippen molar-refractivity contribution >= 4 is 28.9 Å². The number of aromatic nitrogens is 3. The topological polar surface area (TPSA) is 69.0 Å². The van der Waals surface area contributed by atoms with E-state index in [0.717, 1.165) is 0 Å². The van der Waals surface area contributed by atoms with Gasteiger partial charge in [-0.15, -0.1) is 0 Å². The molecule has 1 aliphatic carbocycles. The highest BCUT2D eigenvalue weighted by molar-refractivity contribution is 6.29. The van der Waals surface area contributed by atoms with E-state index in [9.17, 15) is 13.6 Å². The van der Waals surface area contributed by atoms with Crippen LogP contribution in [-0.2, 0) is 4.74 Å². The van der Waals surface area contributed by atoms with Crippen LogP contribution in [-0.4, -0.2) is 33.3 Å². The van der Waals surface area contributed by atoms with Crippen molar-refractivity contribution in [2.75, 3.05) is 11.9 Å². The van der Waals surface area contributed by atoms with Gasteiger partial charge < -0.3 is 10.1 Å². The zero-order valence-corrected chi connectivity index (χ0v) is 13.6. The Kier molecular flexibility index (Phi) is 4.40. The third-order valence-corrected chi connectivity index (χ3v) is 3.90. The van der Waals surface area contributed by atoms with E-state index in [1.54, 1.807) is 13.1 Å². The number of esters is 1. The highest BCUT2D eigenvalue weighted by atomic mass is 35.5. The fourth-order valence-electron chi connectivity index (χ4n) is 2.48. The first kappa shape index (κ1) is 16.6. The van der Waals surface area contributed by atoms with Crippen LogP contribution in [0.2, 0.25) is 5.15 Å². The predicted molar refractivity (Wildman–Crippen MR) is 83.9 cm³/mol. The lowest BCUT2D eigenvalue weighted by molar-refractivity contribution is -0.106. The molecular formula is C15H15ClF2N4O2. The minimum atomic E-state index is -2.61. The van der Waals surface area contributed by atoms with Gasteiger partial charge in [0.05, 0.1) is 30.2 Å². The molecule has 0 spiro atoms. The summed E-state index contributed by atoms with van der Waals surface area (Å²) < 4.78 is 32.4. The van der Waals surface area contributed by atoms with E-state index in [2.05, 4.69) is 15.4 Å². The summed E-state index contributed by atoms with van der Waals surface area (Å²) in [6, 6.07) is 1.17. The van der Waals surface area contributed by atoms with Gasteiger partial charge in [-0.2, -0.15) is 5.10 Å². The minimum absolute atomic E-state index is 0.205. The zero-order chi connectivity index (χ0) is 17.3. The Morgan fingerprint density at radius 2 is 2.25 bits per heavy atom. The van der Waals surface area contributed by atoms with Crippen molar-refractivity contribution in [3.63, 3.8) is 0 Å². The Morgan fingerprint density at radius 1 is 1.50 bits per heavy atom. The fraction of sp³-hybridized carbons (Fsp3) is 0.400. The monoisotopic (exact) mass is 356 g/mol. The van der Waals surface area contributed by atoms with Gasteiger partial charge in [-0.1, -0.05) is 11.6 Å². The van der Waals surface area contributed by atoms with E-state index < -0.39 is 11.9 Å². The Morgan fingerprint density at radius 3 is 2.92 bits per heavy atom. The number of ether oxygens (including phenoxy) is 1. The lowest BCUT2D eigenvalue weighted by Crippen LogP contribution is -2.37. The van der Waals surface area contributed by atoms with E-state index in [0.29, 0.717) is 11.4 Å². The number of nitrogens with one attached hydrogen (secondary N) is 1. The van der Waals surface area contributed by atoms with E-state index in [-0.39, 0.29) is 36.2 Å². The number of halogens is 3. The molecule has 24 heavy (non-hydrogen) atoms. The highest BCUT2D eigenvalue weighted by Gasteiger charge is 2.46. The normalized spacial score (nSPS) is 16.5. The second-order valence-corrected chi connectivity index (χ2v) is 5.91. The van der Waals surface area contributed by atoms with Crippen LogP contribution >= 0.6 is 11.6 Å². The molecule has 0 aliphatic heterocycles. The second kappa shape index (κ2) is 6.35. The number of anilines is 2. The van der Waals surface area contributed by atoms with Crippen LogP contribution in [0.15, 0.2) is 24.7 Å². The van der Waals surface area contributed by atoms with Gasteiger partial charge in [0, 0.05) is 25.2 Å². The number of pyridine rings is 1. The molecule has 0 radical (unpaired) electrons. The zero-order valence-electron chi connectivity index (χ0n) is 12.8. The summed E-state index contributed by atoms with van der Waals surface area (Å²) in [5.41, 5.74) is 1.19. The molecule has 0 atom stereocenters. The predicted octanol–water partition coefficient (Wildman–Crippen LogP) is 3.82. The standard InChI is InChI=1S/C15H15ClF2N4O2/c1-2-24-14(23)11-7-19-13(16)3-12(11)21-9-6-20-22(8-9)10-4-15(17,18)5-10/h3,6-8,10H,2,4-5H2,1H3,(H,19,21). The van der Waals surface area contributed by atoms with Crippen molar-refractivity contribution in [2.45, 2.75) is 31.7 Å². The van der Waals surface area contributed by atoms with Crippen LogP contribution in [0.5, 0.6) is 0 Å². The first-order chi connectivity index (χ1) is 11.4. The van der Waals surface area contributed by atoms with E-state index in [4.69, 9.17) is 16.3 Å². The molecule has 0 aromatic carbocycles. The van der Waals surface area contributed by atoms with Crippen LogP contribution in [0.3, 0.4) is 0 Å². The lowest BCUT2D eigenvalue weighted by Gasteiger charge is -2.34. The largest absolute Gasteiger partial charge is 0.462 e. The third kappa shape index (κ3) is 3.48. The van der Waals surface area contributed by atoms with Gasteiger partial charge >= 0.3 is 5.97 Å². The number of hydrogen-bond donors (Lipinski definition) is 1. The maximum atomic E-state index is 13.0. The maximum absolute atomic E-state index is 13.0. The van der Waals surface area contributed by atoms with Crippen LogP contribution in [0.4, 0.5) is 20.2 Å². The maximum Gasteiger partial charge on any atom is 0.341 e. The minimum Gasteiger partial charge on any atom is -0.462 e. The molecular weight excluding hydrogens is 342 g/mol. The van der Waals surface area contributed by atoms with Crippen LogP contribution in [0.25, 0.3) is 0 Å². The average Bonchev–Trinajstić information content (AvgIpc) is 2.93. The summed E-state index contributed by atoms with van der Waals surface area (Å²) in [6.45, 7) is 1.93. The van der Waals surface area contributed by atoms with Crippen molar-refractivity contribution in [2.24, 2.45) is 0 Å².